The third-order valence-electron chi connectivity index (χ3n) is 4.86. The number of halogens is 1. The summed E-state index contributed by atoms with van der Waals surface area (Å²) in [5, 5.41) is 6.02. The van der Waals surface area contributed by atoms with Crippen LogP contribution in [0.15, 0.2) is 67.0 Å². The van der Waals surface area contributed by atoms with Gasteiger partial charge in [0.2, 0.25) is 0 Å². The number of amides is 2. The molecule has 0 bridgehead atoms. The average Bonchev–Trinajstić information content (AvgIpc) is 3.28. The molecule has 152 valence electrons. The predicted octanol–water partition coefficient (Wildman–Crippen LogP) is 3.50. The van der Waals surface area contributed by atoms with Crippen LogP contribution in [-0.2, 0) is 11.4 Å². The number of carbonyl (C=O) groups is 3. The van der Waals surface area contributed by atoms with E-state index in [1.165, 1.54) is 18.3 Å². The highest BCUT2D eigenvalue weighted by Gasteiger charge is 2.38. The maximum absolute atomic E-state index is 12.6. The molecule has 0 radical (unpaired) electrons. The summed E-state index contributed by atoms with van der Waals surface area (Å²) in [5.41, 5.74) is 1.99. The van der Waals surface area contributed by atoms with E-state index in [2.05, 4.69) is 10.1 Å². The van der Waals surface area contributed by atoms with E-state index in [4.69, 9.17) is 16.4 Å². The maximum atomic E-state index is 12.6. The van der Waals surface area contributed by atoms with E-state index in [1.54, 1.807) is 35.1 Å². The topological polar surface area (TPSA) is 94.4 Å². The Balaban J connectivity index is 1.37. The van der Waals surface area contributed by atoms with Gasteiger partial charge < -0.3 is 4.84 Å². The van der Waals surface area contributed by atoms with Crippen LogP contribution in [0.2, 0.25) is 5.02 Å². The number of imide groups is 1. The molecule has 2 aromatic carbocycles. The van der Waals surface area contributed by atoms with Crippen LogP contribution in [-0.4, -0.2) is 37.6 Å². The van der Waals surface area contributed by atoms with Crippen LogP contribution < -0.4 is 0 Å². The molecular weight excluding hydrogens is 420 g/mol. The van der Waals surface area contributed by atoms with E-state index in [0.717, 1.165) is 5.56 Å². The minimum Gasteiger partial charge on any atom is -0.324 e. The SMILES string of the molecule is O=C(ON1C(=O)c2ccccc2C1=O)c1cnc2c(cnn2Cc2cccc(Cl)c2)c1. The zero-order valence-electron chi connectivity index (χ0n) is 15.9. The zero-order chi connectivity index (χ0) is 21.5. The van der Waals surface area contributed by atoms with Gasteiger partial charge in [0, 0.05) is 16.6 Å². The molecular formula is C22H13ClN4O4. The summed E-state index contributed by atoms with van der Waals surface area (Å²) in [6.07, 6.45) is 2.89. The van der Waals surface area contributed by atoms with Crippen molar-refractivity contribution >= 4 is 40.4 Å². The second-order valence-electron chi connectivity index (χ2n) is 6.90. The summed E-state index contributed by atoms with van der Waals surface area (Å²) >= 11 is 6.03. The second kappa shape index (κ2) is 7.33. The Morgan fingerprint density at radius 1 is 0.968 bits per heavy atom. The monoisotopic (exact) mass is 432 g/mol. The van der Waals surface area contributed by atoms with Crippen LogP contribution in [0.4, 0.5) is 0 Å². The first-order chi connectivity index (χ1) is 15.0. The first-order valence-corrected chi connectivity index (χ1v) is 9.65. The summed E-state index contributed by atoms with van der Waals surface area (Å²) in [6, 6.07) is 15.2. The van der Waals surface area contributed by atoms with Crippen molar-refractivity contribution in [2.45, 2.75) is 6.54 Å². The fourth-order valence-electron chi connectivity index (χ4n) is 3.39. The molecule has 0 spiro atoms. The predicted molar refractivity (Wildman–Crippen MR) is 110 cm³/mol. The second-order valence-corrected chi connectivity index (χ2v) is 7.33. The molecule has 0 aliphatic carbocycles. The fourth-order valence-corrected chi connectivity index (χ4v) is 3.61. The minimum atomic E-state index is -0.869. The van der Waals surface area contributed by atoms with Crippen LogP contribution in [0, 0.1) is 0 Å². The lowest BCUT2D eigenvalue weighted by Gasteiger charge is -2.12. The maximum Gasteiger partial charge on any atom is 0.365 e. The number of hydrogen-bond donors (Lipinski definition) is 0. The molecule has 0 saturated heterocycles. The number of rotatable bonds is 4. The number of hydrogen-bond acceptors (Lipinski definition) is 6. The summed E-state index contributed by atoms with van der Waals surface area (Å²) in [6.45, 7) is 0.454. The lowest BCUT2D eigenvalue weighted by molar-refractivity contribution is -0.0584. The van der Waals surface area contributed by atoms with Gasteiger partial charge in [0.1, 0.15) is 0 Å². The van der Waals surface area contributed by atoms with Gasteiger partial charge in [-0.25, -0.2) is 14.5 Å². The third-order valence-corrected chi connectivity index (χ3v) is 5.10. The first-order valence-electron chi connectivity index (χ1n) is 9.27. The van der Waals surface area contributed by atoms with Gasteiger partial charge in [0.15, 0.2) is 5.65 Å². The van der Waals surface area contributed by atoms with Crippen LogP contribution in [0.1, 0.15) is 36.6 Å². The molecule has 3 heterocycles. The highest BCUT2D eigenvalue weighted by Crippen LogP contribution is 2.24. The molecule has 9 heteroatoms. The quantitative estimate of drug-likeness (QED) is 0.458. The minimum absolute atomic E-state index is 0.0892. The number of pyridine rings is 1. The van der Waals surface area contributed by atoms with Crippen molar-refractivity contribution in [1.82, 2.24) is 19.8 Å². The molecule has 2 amide bonds. The van der Waals surface area contributed by atoms with E-state index in [1.807, 2.05) is 18.2 Å². The fraction of sp³-hybridized carbons (Fsp3) is 0.0455. The van der Waals surface area contributed by atoms with Gasteiger partial charge >= 0.3 is 5.97 Å². The van der Waals surface area contributed by atoms with Crippen molar-refractivity contribution in [3.8, 4) is 0 Å². The largest absolute Gasteiger partial charge is 0.365 e. The molecule has 31 heavy (non-hydrogen) atoms. The molecule has 0 atom stereocenters. The molecule has 2 aromatic heterocycles. The molecule has 8 nitrogen and oxygen atoms in total. The first kappa shape index (κ1) is 19.0. The number of carbonyl (C=O) groups excluding carboxylic acids is 3. The lowest BCUT2D eigenvalue weighted by Crippen LogP contribution is -2.32. The van der Waals surface area contributed by atoms with Crippen molar-refractivity contribution in [1.29, 1.82) is 0 Å². The molecule has 0 fully saturated rings. The van der Waals surface area contributed by atoms with Crippen LogP contribution in [0.5, 0.6) is 0 Å². The normalized spacial score (nSPS) is 13.0. The summed E-state index contributed by atoms with van der Waals surface area (Å²) < 4.78 is 1.68. The Morgan fingerprint density at radius 2 is 1.71 bits per heavy atom. The van der Waals surface area contributed by atoms with Gasteiger partial charge in [0.05, 0.1) is 29.4 Å². The Hall–Kier alpha value is -4.04. The number of aromatic nitrogens is 3. The Labute approximate surface area is 180 Å². The highest BCUT2D eigenvalue weighted by molar-refractivity contribution is 6.30. The molecule has 0 unspecified atom stereocenters. The third kappa shape index (κ3) is 3.32. The smallest absolute Gasteiger partial charge is 0.324 e. The molecule has 4 aromatic rings. The van der Waals surface area contributed by atoms with E-state index in [9.17, 15) is 14.4 Å². The number of nitrogens with zero attached hydrogens (tertiary/aromatic N) is 4. The molecule has 5 rings (SSSR count). The average molecular weight is 433 g/mol. The molecule has 0 N–H and O–H groups in total. The van der Waals surface area contributed by atoms with Gasteiger partial charge in [-0.05, 0) is 35.9 Å². The van der Waals surface area contributed by atoms with Crippen molar-refractivity contribution < 1.29 is 19.2 Å². The van der Waals surface area contributed by atoms with Gasteiger partial charge in [-0.1, -0.05) is 40.9 Å². The van der Waals surface area contributed by atoms with Crippen molar-refractivity contribution in [3.63, 3.8) is 0 Å². The van der Waals surface area contributed by atoms with Crippen LogP contribution >= 0.6 is 11.6 Å². The highest BCUT2D eigenvalue weighted by atomic mass is 35.5. The van der Waals surface area contributed by atoms with E-state index >= 15 is 0 Å². The summed E-state index contributed by atoms with van der Waals surface area (Å²) in [4.78, 5) is 46.7. The van der Waals surface area contributed by atoms with E-state index in [-0.39, 0.29) is 16.7 Å². The summed E-state index contributed by atoms with van der Waals surface area (Å²) in [5.74, 6) is -2.24. The van der Waals surface area contributed by atoms with Crippen molar-refractivity contribution in [2.24, 2.45) is 0 Å². The summed E-state index contributed by atoms with van der Waals surface area (Å²) in [7, 11) is 0. The Kier molecular flexibility index (Phi) is 4.48. The molecule has 1 aliphatic heterocycles. The van der Waals surface area contributed by atoms with Crippen molar-refractivity contribution in [2.75, 3.05) is 0 Å². The zero-order valence-corrected chi connectivity index (χ0v) is 16.6. The van der Waals surface area contributed by atoms with Gasteiger partial charge in [-0.15, -0.1) is 0 Å². The Morgan fingerprint density at radius 3 is 2.42 bits per heavy atom. The number of benzene rings is 2. The standard InChI is InChI=1S/C22H13ClN4O4/c23-16-5-3-4-13(8-16)12-26-19-14(11-25-26)9-15(10-24-19)22(30)31-27-20(28)17-6-1-2-7-18(17)21(27)29/h1-11H,12H2. The molecule has 0 saturated carbocycles. The molecule has 1 aliphatic rings. The van der Waals surface area contributed by atoms with Crippen LogP contribution in [0.25, 0.3) is 11.0 Å². The number of hydroxylamine groups is 2. The Bertz CT molecular complexity index is 1350. The van der Waals surface area contributed by atoms with E-state index < -0.39 is 17.8 Å². The number of fused-ring (bicyclic) bond motifs is 2. The van der Waals surface area contributed by atoms with Gasteiger partial charge in [-0.2, -0.15) is 5.10 Å². The van der Waals surface area contributed by atoms with Crippen LogP contribution in [0.3, 0.4) is 0 Å². The van der Waals surface area contributed by atoms with Crippen molar-refractivity contribution in [3.05, 3.63) is 94.3 Å². The lowest BCUT2D eigenvalue weighted by atomic mass is 10.1. The van der Waals surface area contributed by atoms with E-state index in [0.29, 0.717) is 27.7 Å². The van der Waals surface area contributed by atoms with Gasteiger partial charge in [0.25, 0.3) is 11.8 Å². The van der Waals surface area contributed by atoms with Gasteiger partial charge in [-0.3, -0.25) is 9.59 Å².